The van der Waals surface area contributed by atoms with Crippen LogP contribution in [0.3, 0.4) is 0 Å². The Balaban J connectivity index is 1.30. The number of ether oxygens (including phenoxy) is 2. The summed E-state index contributed by atoms with van der Waals surface area (Å²) in [7, 11) is 0. The van der Waals surface area contributed by atoms with Gasteiger partial charge in [-0.25, -0.2) is 0 Å². The van der Waals surface area contributed by atoms with Crippen LogP contribution in [-0.2, 0) is 22.5 Å². The van der Waals surface area contributed by atoms with Gasteiger partial charge in [0.1, 0.15) is 12.4 Å². The predicted octanol–water partition coefficient (Wildman–Crippen LogP) is 5.33. The number of likely N-dealkylation sites (tertiary alicyclic amines) is 1. The number of piperidine rings is 1. The van der Waals surface area contributed by atoms with Gasteiger partial charge in [-0.2, -0.15) is 0 Å². The van der Waals surface area contributed by atoms with Gasteiger partial charge >= 0.3 is 0 Å². The van der Waals surface area contributed by atoms with Crippen LogP contribution < -0.4 is 4.74 Å². The molecule has 3 aliphatic heterocycles. The number of nitrogens with zero attached hydrogens (tertiary/aromatic N) is 2. The van der Waals surface area contributed by atoms with Gasteiger partial charge in [0, 0.05) is 51.9 Å². The molecule has 3 aliphatic rings. The van der Waals surface area contributed by atoms with Gasteiger partial charge in [0.05, 0.1) is 0 Å². The smallest absolute Gasteiger partial charge is 0.225 e. The molecule has 2 aromatic rings. The van der Waals surface area contributed by atoms with Gasteiger partial charge in [0.2, 0.25) is 5.91 Å². The third-order valence-corrected chi connectivity index (χ3v) is 8.56. The Morgan fingerprint density at radius 1 is 0.861 bits per heavy atom. The molecule has 0 bridgehead atoms. The molecular formula is C31H42N2O3. The highest BCUT2D eigenvalue weighted by Crippen LogP contribution is 2.39. The fourth-order valence-corrected chi connectivity index (χ4v) is 6.37. The van der Waals surface area contributed by atoms with Crippen LogP contribution in [0.2, 0.25) is 0 Å². The van der Waals surface area contributed by atoms with Crippen molar-refractivity contribution in [3.63, 3.8) is 0 Å². The van der Waals surface area contributed by atoms with Gasteiger partial charge in [-0.3, -0.25) is 9.69 Å². The summed E-state index contributed by atoms with van der Waals surface area (Å²) in [6.45, 7) is 6.89. The van der Waals surface area contributed by atoms with E-state index in [0.717, 1.165) is 83.8 Å². The van der Waals surface area contributed by atoms with Crippen LogP contribution in [0, 0.1) is 11.3 Å². The first-order valence-corrected chi connectivity index (χ1v) is 14.0. The molecular weight excluding hydrogens is 448 g/mol. The average molecular weight is 491 g/mol. The van der Waals surface area contributed by atoms with Crippen molar-refractivity contribution in [3.8, 4) is 5.75 Å². The molecule has 5 nitrogen and oxygen atoms in total. The molecule has 2 fully saturated rings. The molecule has 0 unspecified atom stereocenters. The number of amides is 1. The number of para-hydroxylation sites is 1. The maximum absolute atomic E-state index is 13.2. The van der Waals surface area contributed by atoms with E-state index in [-0.39, 0.29) is 11.3 Å². The van der Waals surface area contributed by atoms with Crippen LogP contribution in [0.5, 0.6) is 5.75 Å². The molecule has 0 atom stereocenters. The number of hydrogen-bond acceptors (Lipinski definition) is 4. The summed E-state index contributed by atoms with van der Waals surface area (Å²) in [5, 5.41) is 0. The van der Waals surface area contributed by atoms with Crippen molar-refractivity contribution in [2.75, 3.05) is 46.0 Å². The fourth-order valence-electron chi connectivity index (χ4n) is 6.37. The molecule has 0 N–H and O–H groups in total. The SMILES string of the molecule is O=C(C1CCOCC1)N1CCC2(CCCCc3ccccc3OCCN(Cc3ccccc3)C2)CC1. The van der Waals surface area contributed by atoms with Gasteiger partial charge in [-0.15, -0.1) is 0 Å². The lowest BCUT2D eigenvalue weighted by Gasteiger charge is -2.45. The standard InChI is InChI=1S/C31H42N2O3/c34-30(28-13-21-35-22-14-28)33-18-16-31(17-19-33)15-7-6-11-27-10-4-5-12-29(27)36-23-20-32(25-31)24-26-8-2-1-3-9-26/h1-5,8-10,12,28H,6-7,11,13-25H2. The maximum Gasteiger partial charge on any atom is 0.225 e. The van der Waals surface area contributed by atoms with Gasteiger partial charge in [-0.1, -0.05) is 55.0 Å². The molecule has 0 saturated carbocycles. The summed E-state index contributed by atoms with van der Waals surface area (Å²) in [6.07, 6.45) is 8.69. The molecule has 0 aliphatic carbocycles. The third kappa shape index (κ3) is 6.49. The Kier molecular flexibility index (Phi) is 8.60. The normalized spacial score (nSPS) is 22.2. The van der Waals surface area contributed by atoms with Gasteiger partial charge in [-0.05, 0) is 67.6 Å². The maximum atomic E-state index is 13.2. The largest absolute Gasteiger partial charge is 0.492 e. The molecule has 194 valence electrons. The number of hydrogen-bond donors (Lipinski definition) is 0. The molecule has 2 aromatic carbocycles. The summed E-state index contributed by atoms with van der Waals surface area (Å²) in [5.41, 5.74) is 2.95. The minimum atomic E-state index is 0.163. The van der Waals surface area contributed by atoms with E-state index >= 15 is 0 Å². The molecule has 1 spiro atoms. The molecule has 5 rings (SSSR count). The number of aryl methyl sites for hydroxylation is 1. The summed E-state index contributed by atoms with van der Waals surface area (Å²) in [4.78, 5) is 18.0. The Hall–Kier alpha value is -2.37. The second kappa shape index (κ2) is 12.2. The van der Waals surface area contributed by atoms with E-state index < -0.39 is 0 Å². The lowest BCUT2D eigenvalue weighted by molar-refractivity contribution is -0.141. The van der Waals surface area contributed by atoms with Crippen LogP contribution in [0.4, 0.5) is 0 Å². The highest BCUT2D eigenvalue weighted by molar-refractivity contribution is 5.79. The highest BCUT2D eigenvalue weighted by Gasteiger charge is 2.38. The Bertz CT molecular complexity index is 965. The Labute approximate surface area is 216 Å². The zero-order chi connectivity index (χ0) is 24.6. The van der Waals surface area contributed by atoms with E-state index in [1.54, 1.807) is 0 Å². The highest BCUT2D eigenvalue weighted by atomic mass is 16.5. The second-order valence-corrected chi connectivity index (χ2v) is 11.1. The predicted molar refractivity (Wildman–Crippen MR) is 143 cm³/mol. The van der Waals surface area contributed by atoms with Crippen molar-refractivity contribution < 1.29 is 14.3 Å². The quantitative estimate of drug-likeness (QED) is 0.583. The fraction of sp³-hybridized carbons (Fsp3) is 0.581. The lowest BCUT2D eigenvalue weighted by Crippen LogP contribution is -2.50. The third-order valence-electron chi connectivity index (χ3n) is 8.56. The van der Waals surface area contributed by atoms with Crippen LogP contribution in [-0.4, -0.2) is 61.7 Å². The van der Waals surface area contributed by atoms with Crippen LogP contribution in [0.25, 0.3) is 0 Å². The number of carbonyl (C=O) groups is 1. The minimum absolute atomic E-state index is 0.163. The van der Waals surface area contributed by atoms with Crippen molar-refractivity contribution in [2.45, 2.75) is 57.9 Å². The van der Waals surface area contributed by atoms with Gasteiger partial charge in [0.15, 0.2) is 0 Å². The van der Waals surface area contributed by atoms with Gasteiger partial charge in [0.25, 0.3) is 0 Å². The van der Waals surface area contributed by atoms with Crippen LogP contribution in [0.15, 0.2) is 54.6 Å². The molecule has 1 amide bonds. The summed E-state index contributed by atoms with van der Waals surface area (Å²) in [5.74, 6) is 1.58. The van der Waals surface area contributed by atoms with E-state index in [0.29, 0.717) is 12.5 Å². The molecule has 0 aromatic heterocycles. The first-order valence-electron chi connectivity index (χ1n) is 14.0. The second-order valence-electron chi connectivity index (χ2n) is 11.1. The molecule has 3 heterocycles. The van der Waals surface area contributed by atoms with Gasteiger partial charge < -0.3 is 14.4 Å². The van der Waals surface area contributed by atoms with E-state index in [9.17, 15) is 4.79 Å². The Morgan fingerprint density at radius 2 is 1.61 bits per heavy atom. The number of fused-ring (bicyclic) bond motifs is 1. The van der Waals surface area contributed by atoms with Crippen molar-refractivity contribution in [2.24, 2.45) is 11.3 Å². The van der Waals surface area contributed by atoms with Crippen LogP contribution in [0.1, 0.15) is 56.1 Å². The lowest BCUT2D eigenvalue weighted by atomic mass is 9.73. The summed E-state index contributed by atoms with van der Waals surface area (Å²) in [6, 6.07) is 19.4. The topological polar surface area (TPSA) is 42.0 Å². The summed E-state index contributed by atoms with van der Waals surface area (Å²) < 4.78 is 11.8. The van der Waals surface area contributed by atoms with E-state index in [1.165, 1.54) is 30.4 Å². The zero-order valence-corrected chi connectivity index (χ0v) is 21.7. The Morgan fingerprint density at radius 3 is 2.42 bits per heavy atom. The monoisotopic (exact) mass is 490 g/mol. The number of rotatable bonds is 3. The molecule has 36 heavy (non-hydrogen) atoms. The zero-order valence-electron chi connectivity index (χ0n) is 21.7. The molecule has 5 heteroatoms. The van der Waals surface area contributed by atoms with E-state index in [1.807, 2.05) is 0 Å². The first-order chi connectivity index (χ1) is 17.7. The van der Waals surface area contributed by atoms with Crippen molar-refractivity contribution in [3.05, 3.63) is 65.7 Å². The number of carbonyl (C=O) groups excluding carboxylic acids is 1. The minimum Gasteiger partial charge on any atom is -0.492 e. The first kappa shape index (κ1) is 25.3. The molecule has 2 saturated heterocycles. The average Bonchev–Trinajstić information content (AvgIpc) is 2.92. The summed E-state index contributed by atoms with van der Waals surface area (Å²) >= 11 is 0. The van der Waals surface area contributed by atoms with Crippen LogP contribution >= 0.6 is 0 Å². The van der Waals surface area contributed by atoms with Crippen molar-refractivity contribution >= 4 is 5.91 Å². The van der Waals surface area contributed by atoms with Crippen molar-refractivity contribution in [1.29, 1.82) is 0 Å². The van der Waals surface area contributed by atoms with E-state index in [2.05, 4.69) is 64.4 Å². The molecule has 0 radical (unpaired) electrons. The van der Waals surface area contributed by atoms with Crippen molar-refractivity contribution in [1.82, 2.24) is 9.80 Å². The van der Waals surface area contributed by atoms with E-state index in [4.69, 9.17) is 9.47 Å². The number of benzene rings is 2.